The van der Waals surface area contributed by atoms with E-state index in [4.69, 9.17) is 0 Å². The van der Waals surface area contributed by atoms with Gasteiger partial charge in [0.15, 0.2) is 23.0 Å². The Bertz CT molecular complexity index is 1720. The number of amides is 1. The zero-order valence-electron chi connectivity index (χ0n) is 21.3. The zero-order chi connectivity index (χ0) is 29.2. The van der Waals surface area contributed by atoms with Crippen LogP contribution in [0, 0.1) is 11.3 Å². The standard InChI is InChI=1S/C27H18F4N6O5/c28-26(29)39-20-5-2-16(12-22(20)41-26)24(17-3-6-21-23(13-17)42-27(30,31)40-21)35-7-9-36(10-8-35)25(38)37-19-11-15(14-32)1-4-18(19)33-34-37/h1-6,11-13,24H,7-10H2. The Labute approximate surface area is 233 Å². The summed E-state index contributed by atoms with van der Waals surface area (Å²) in [5.74, 6) is -0.609. The first-order valence-electron chi connectivity index (χ1n) is 12.7. The zero-order valence-corrected chi connectivity index (χ0v) is 21.3. The maximum atomic E-state index is 13.7. The van der Waals surface area contributed by atoms with Crippen molar-refractivity contribution in [3.05, 3.63) is 71.3 Å². The van der Waals surface area contributed by atoms with Gasteiger partial charge < -0.3 is 23.8 Å². The fraction of sp³-hybridized carbons (Fsp3) is 0.259. The van der Waals surface area contributed by atoms with Crippen molar-refractivity contribution in [1.29, 1.82) is 5.26 Å². The molecule has 0 spiro atoms. The number of ether oxygens (including phenoxy) is 4. The molecule has 0 unspecified atom stereocenters. The van der Waals surface area contributed by atoms with Gasteiger partial charge in [-0.1, -0.05) is 17.3 Å². The Morgan fingerprint density at radius 1 is 0.810 bits per heavy atom. The summed E-state index contributed by atoms with van der Waals surface area (Å²) in [6.45, 7) is 1.14. The van der Waals surface area contributed by atoms with Crippen LogP contribution < -0.4 is 18.9 Å². The van der Waals surface area contributed by atoms with Crippen molar-refractivity contribution in [2.24, 2.45) is 0 Å². The van der Waals surface area contributed by atoms with Gasteiger partial charge in [0.2, 0.25) is 0 Å². The lowest BCUT2D eigenvalue weighted by Gasteiger charge is -2.39. The molecule has 0 aliphatic carbocycles. The average Bonchev–Trinajstić information content (AvgIpc) is 3.62. The first-order chi connectivity index (χ1) is 20.1. The third-order valence-corrected chi connectivity index (χ3v) is 7.19. The van der Waals surface area contributed by atoms with Crippen molar-refractivity contribution in [2.45, 2.75) is 18.6 Å². The molecule has 0 atom stereocenters. The average molecular weight is 582 g/mol. The number of carbonyl (C=O) groups excluding carboxylic acids is 1. The van der Waals surface area contributed by atoms with Gasteiger partial charge in [0.05, 0.1) is 17.7 Å². The fourth-order valence-electron chi connectivity index (χ4n) is 5.32. The Kier molecular flexibility index (Phi) is 5.67. The first-order valence-corrected chi connectivity index (χ1v) is 12.7. The molecular weight excluding hydrogens is 564 g/mol. The third kappa shape index (κ3) is 4.45. The molecule has 0 saturated carbocycles. The van der Waals surface area contributed by atoms with Crippen LogP contribution in [0.25, 0.3) is 11.0 Å². The molecule has 1 amide bonds. The number of fused-ring (bicyclic) bond motifs is 3. The number of alkyl halides is 4. The summed E-state index contributed by atoms with van der Waals surface area (Å²) in [5.41, 5.74) is 2.25. The first kappa shape index (κ1) is 25.8. The Morgan fingerprint density at radius 3 is 1.95 bits per heavy atom. The number of nitrogens with zero attached hydrogens (tertiary/aromatic N) is 6. The van der Waals surface area contributed by atoms with Crippen LogP contribution in [0.1, 0.15) is 22.7 Å². The lowest BCUT2D eigenvalue weighted by atomic mass is 9.95. The molecule has 4 heterocycles. The van der Waals surface area contributed by atoms with E-state index in [0.717, 1.165) is 4.68 Å². The number of aromatic nitrogens is 3. The molecule has 1 fully saturated rings. The van der Waals surface area contributed by atoms with Crippen LogP contribution in [-0.4, -0.2) is 69.6 Å². The molecule has 0 radical (unpaired) electrons. The fourth-order valence-corrected chi connectivity index (χ4v) is 5.32. The van der Waals surface area contributed by atoms with Gasteiger partial charge in [-0.25, -0.2) is 4.79 Å². The number of hydrogen-bond acceptors (Lipinski definition) is 9. The molecule has 1 saturated heterocycles. The summed E-state index contributed by atoms with van der Waals surface area (Å²) in [6.07, 6.45) is -7.63. The van der Waals surface area contributed by atoms with Gasteiger partial charge in [-0.2, -0.15) is 9.94 Å². The molecule has 3 aromatic carbocycles. The molecule has 0 N–H and O–H groups in total. The lowest BCUT2D eigenvalue weighted by molar-refractivity contribution is -0.287. The molecule has 1 aromatic heterocycles. The van der Waals surface area contributed by atoms with Crippen LogP contribution in [0.4, 0.5) is 22.4 Å². The van der Waals surface area contributed by atoms with Gasteiger partial charge in [0.1, 0.15) is 11.0 Å². The van der Waals surface area contributed by atoms with Crippen LogP contribution in [-0.2, 0) is 0 Å². The molecule has 42 heavy (non-hydrogen) atoms. The number of benzene rings is 3. The summed E-state index contributed by atoms with van der Waals surface area (Å²) >= 11 is 0. The van der Waals surface area contributed by atoms with E-state index in [1.165, 1.54) is 30.3 Å². The second-order valence-electron chi connectivity index (χ2n) is 9.77. The number of hydrogen-bond donors (Lipinski definition) is 0. The van der Waals surface area contributed by atoms with Crippen molar-refractivity contribution < 1.29 is 41.3 Å². The van der Waals surface area contributed by atoms with Crippen molar-refractivity contribution in [2.75, 3.05) is 26.2 Å². The van der Waals surface area contributed by atoms with Crippen LogP contribution in [0.3, 0.4) is 0 Å². The summed E-state index contributed by atoms with van der Waals surface area (Å²) in [4.78, 5) is 16.9. The minimum atomic E-state index is -3.81. The molecule has 7 rings (SSSR count). The predicted octanol–water partition coefficient (Wildman–Crippen LogP) is 4.32. The van der Waals surface area contributed by atoms with E-state index >= 15 is 0 Å². The molecule has 3 aliphatic rings. The minimum Gasteiger partial charge on any atom is -0.395 e. The molecule has 0 bridgehead atoms. The summed E-state index contributed by atoms with van der Waals surface area (Å²) in [7, 11) is 0. The Hall–Kier alpha value is -5.10. The second kappa shape index (κ2) is 9.21. The topological polar surface area (TPSA) is 115 Å². The predicted molar refractivity (Wildman–Crippen MR) is 133 cm³/mol. The minimum absolute atomic E-state index is 0.136. The Morgan fingerprint density at radius 2 is 1.38 bits per heavy atom. The highest BCUT2D eigenvalue weighted by molar-refractivity contribution is 5.88. The SMILES string of the molecule is N#Cc1ccc2nnn(C(=O)N3CCN(C(c4ccc5c(c4)OC(F)(F)O5)c4ccc5c(c4)OC(F)(F)O5)CC3)c2c1. The number of rotatable bonds is 3. The van der Waals surface area contributed by atoms with Crippen molar-refractivity contribution in [3.8, 4) is 29.1 Å². The quantitative estimate of drug-likeness (QED) is 0.326. The van der Waals surface area contributed by atoms with E-state index in [1.807, 2.05) is 11.0 Å². The van der Waals surface area contributed by atoms with E-state index in [0.29, 0.717) is 40.8 Å². The van der Waals surface area contributed by atoms with E-state index in [-0.39, 0.29) is 36.1 Å². The van der Waals surface area contributed by atoms with Gasteiger partial charge in [0.25, 0.3) is 0 Å². The molecule has 15 heteroatoms. The van der Waals surface area contributed by atoms with Crippen molar-refractivity contribution >= 4 is 17.1 Å². The van der Waals surface area contributed by atoms with E-state index in [1.54, 1.807) is 29.2 Å². The van der Waals surface area contributed by atoms with Crippen LogP contribution in [0.2, 0.25) is 0 Å². The Balaban J connectivity index is 1.17. The monoisotopic (exact) mass is 582 g/mol. The maximum absolute atomic E-state index is 13.7. The smallest absolute Gasteiger partial charge is 0.395 e. The van der Waals surface area contributed by atoms with Gasteiger partial charge in [-0.05, 0) is 53.6 Å². The summed E-state index contributed by atoms with van der Waals surface area (Å²) in [6, 6.07) is 14.4. The molecule has 3 aliphatic heterocycles. The van der Waals surface area contributed by atoms with Gasteiger partial charge in [-0.3, -0.25) is 4.90 Å². The van der Waals surface area contributed by atoms with Crippen LogP contribution in [0.15, 0.2) is 54.6 Å². The number of nitriles is 1. The third-order valence-electron chi connectivity index (χ3n) is 7.19. The second-order valence-corrected chi connectivity index (χ2v) is 9.77. The van der Waals surface area contributed by atoms with Gasteiger partial charge in [-0.15, -0.1) is 22.7 Å². The van der Waals surface area contributed by atoms with Crippen LogP contribution in [0.5, 0.6) is 23.0 Å². The van der Waals surface area contributed by atoms with Gasteiger partial charge >= 0.3 is 18.6 Å². The molecule has 214 valence electrons. The number of carbonyl (C=O) groups is 1. The number of halogens is 4. The van der Waals surface area contributed by atoms with Crippen molar-refractivity contribution in [3.63, 3.8) is 0 Å². The van der Waals surface area contributed by atoms with E-state index < -0.39 is 24.7 Å². The maximum Gasteiger partial charge on any atom is 0.586 e. The number of piperazine rings is 1. The van der Waals surface area contributed by atoms with Gasteiger partial charge in [0, 0.05) is 26.2 Å². The molecule has 4 aromatic rings. The normalized spacial score (nSPS) is 18.4. The summed E-state index contributed by atoms with van der Waals surface area (Å²) < 4.78 is 74.4. The molecular formula is C27H18F4N6O5. The van der Waals surface area contributed by atoms with E-state index in [2.05, 4.69) is 29.3 Å². The van der Waals surface area contributed by atoms with Crippen molar-refractivity contribution in [1.82, 2.24) is 24.8 Å². The largest absolute Gasteiger partial charge is 0.586 e. The highest BCUT2D eigenvalue weighted by Crippen LogP contribution is 2.46. The van der Waals surface area contributed by atoms with Crippen LogP contribution >= 0.6 is 0 Å². The summed E-state index contributed by atoms with van der Waals surface area (Å²) in [5, 5.41) is 17.2. The van der Waals surface area contributed by atoms with E-state index in [9.17, 15) is 27.6 Å². The highest BCUT2D eigenvalue weighted by atomic mass is 19.3. The molecule has 11 nitrogen and oxygen atoms in total. The lowest BCUT2D eigenvalue weighted by Crippen LogP contribution is -2.51. The highest BCUT2D eigenvalue weighted by Gasteiger charge is 2.45.